The molecule has 0 aromatic rings. The van der Waals surface area contributed by atoms with E-state index in [4.69, 9.17) is 4.55 Å². The van der Waals surface area contributed by atoms with Gasteiger partial charge in [0.25, 0.3) is 0 Å². The second-order valence-electron chi connectivity index (χ2n) is 1.90. The number of carbonyl (C=O) groups excluding carboxylic acids is 2. The van der Waals surface area contributed by atoms with Crippen molar-refractivity contribution < 1.29 is 87.7 Å². The number of hydrogen-bond acceptors (Lipinski definition) is 6. The molecule has 0 fully saturated rings. The molecule has 0 aliphatic carbocycles. The number of aliphatic carboxylic acids is 2. The molecule has 10 heteroatoms. The van der Waals surface area contributed by atoms with Crippen LogP contribution in [0, 0.1) is 0 Å². The summed E-state index contributed by atoms with van der Waals surface area (Å²) in [6.45, 7) is 0. The largest absolute Gasteiger partial charge is 1.00 e. The van der Waals surface area contributed by atoms with Crippen LogP contribution in [0.2, 0.25) is 0 Å². The van der Waals surface area contributed by atoms with Crippen molar-refractivity contribution in [3.05, 3.63) is 0 Å². The van der Waals surface area contributed by atoms with Crippen molar-refractivity contribution in [1.29, 1.82) is 0 Å². The Balaban J connectivity index is -0.000000605. The maximum atomic E-state index is 10.5. The second kappa shape index (κ2) is 8.43. The Kier molecular flexibility index (Phi) is 12.4. The minimum atomic E-state index is -4.11. The van der Waals surface area contributed by atoms with Crippen LogP contribution in [-0.4, -0.2) is 26.0 Å². The van der Waals surface area contributed by atoms with E-state index in [0.29, 0.717) is 0 Å². The van der Waals surface area contributed by atoms with E-state index >= 15 is 0 Å². The molecule has 0 saturated carbocycles. The fourth-order valence-electron chi connectivity index (χ4n) is 0.462. The van der Waals surface area contributed by atoms with Crippen LogP contribution in [-0.2, 0) is 29.6 Å². The van der Waals surface area contributed by atoms with Crippen LogP contribution in [0.3, 0.4) is 0 Å². The van der Waals surface area contributed by atoms with Crippen LogP contribution in [0.25, 0.3) is 0 Å². The van der Waals surface area contributed by atoms with Crippen molar-refractivity contribution in [2.75, 3.05) is 0 Å². The van der Waals surface area contributed by atoms with Gasteiger partial charge < -0.3 is 24.4 Å². The average Bonchev–Trinajstić information content (AvgIpc) is 1.79. The molecule has 14 heavy (non-hydrogen) atoms. The van der Waals surface area contributed by atoms with Gasteiger partial charge in [0.05, 0.1) is 5.97 Å². The maximum absolute atomic E-state index is 10.5. The molecule has 0 aromatic carbocycles. The summed E-state index contributed by atoms with van der Waals surface area (Å²) in [5.41, 5.74) is 0. The first-order chi connectivity index (χ1) is 5.25. The van der Waals surface area contributed by atoms with Crippen LogP contribution < -0.4 is 69.3 Å². The Morgan fingerprint density at radius 2 is 1.71 bits per heavy atom. The Labute approximate surface area is 130 Å². The molecule has 0 aliphatic heterocycles. The molecule has 2 unspecified atom stereocenters. The van der Waals surface area contributed by atoms with Gasteiger partial charge in [0.2, 0.25) is 0 Å². The fraction of sp³-hybridized carbons (Fsp3) is 0.500. The Hall–Kier alpha value is 1.27. The summed E-state index contributed by atoms with van der Waals surface area (Å²) < 4.78 is 19.0. The zero-order chi connectivity index (χ0) is 9.94. The Morgan fingerprint density at radius 3 is 1.79 bits per heavy atom. The van der Waals surface area contributed by atoms with Crippen molar-refractivity contribution in [3.8, 4) is 0 Å². The van der Waals surface area contributed by atoms with Crippen molar-refractivity contribution in [3.63, 3.8) is 0 Å². The third kappa shape index (κ3) is 8.57. The molecular formula is C4H4Na2O6S2. The number of hydrogen-bond donors (Lipinski definition) is 1. The second-order valence-corrected chi connectivity index (χ2v) is 4.93. The molecule has 0 amide bonds. The van der Waals surface area contributed by atoms with E-state index in [1.165, 1.54) is 0 Å². The molecule has 0 radical (unpaired) electrons. The third-order valence-electron chi connectivity index (χ3n) is 0.975. The van der Waals surface area contributed by atoms with Crippen LogP contribution in [0.1, 0.15) is 6.42 Å². The fourth-order valence-corrected chi connectivity index (χ4v) is 1.49. The molecule has 6 nitrogen and oxygen atoms in total. The first kappa shape index (κ1) is 20.7. The van der Waals surface area contributed by atoms with E-state index in [0.717, 1.165) is 0 Å². The number of rotatable bonds is 4. The Bertz CT molecular complexity index is 299. The van der Waals surface area contributed by atoms with Crippen LogP contribution in [0.15, 0.2) is 0 Å². The topological polar surface area (TPSA) is 118 Å². The van der Waals surface area contributed by atoms with E-state index < -0.39 is 32.4 Å². The summed E-state index contributed by atoms with van der Waals surface area (Å²) in [6, 6.07) is 0. The predicted octanol–water partition coefficient (Wildman–Crippen LogP) is -9.53. The van der Waals surface area contributed by atoms with E-state index in [9.17, 15) is 24.0 Å². The van der Waals surface area contributed by atoms with Gasteiger partial charge in [-0.15, -0.1) is 0 Å². The molecule has 0 aliphatic rings. The molecule has 0 bridgehead atoms. The van der Waals surface area contributed by atoms with Gasteiger partial charge in [-0.1, -0.05) is 0 Å². The van der Waals surface area contributed by atoms with Gasteiger partial charge in [-0.2, -0.15) is 0 Å². The summed E-state index contributed by atoms with van der Waals surface area (Å²) in [4.78, 5) is 19.9. The smallest absolute Gasteiger partial charge is 0.550 e. The first-order valence-corrected chi connectivity index (χ1v) is 5.12. The van der Waals surface area contributed by atoms with Gasteiger partial charge in [0.1, 0.15) is 14.0 Å². The molecule has 0 spiro atoms. The van der Waals surface area contributed by atoms with Crippen LogP contribution in [0.5, 0.6) is 0 Å². The predicted molar refractivity (Wildman–Crippen MR) is 36.6 cm³/mol. The van der Waals surface area contributed by atoms with Crippen molar-refractivity contribution in [2.45, 2.75) is 11.7 Å². The summed E-state index contributed by atoms with van der Waals surface area (Å²) in [7, 11) is -4.11. The first-order valence-electron chi connectivity index (χ1n) is 2.62. The van der Waals surface area contributed by atoms with Crippen molar-refractivity contribution in [2.24, 2.45) is 0 Å². The number of carbonyl (C=O) groups is 2. The summed E-state index contributed by atoms with van der Waals surface area (Å²) in [6.07, 6.45) is -1.12. The van der Waals surface area contributed by atoms with Gasteiger partial charge >= 0.3 is 59.1 Å². The number of carboxylic acids is 2. The summed E-state index contributed by atoms with van der Waals surface area (Å²) in [5, 5.41) is 17.8. The minimum Gasteiger partial charge on any atom is -0.550 e. The van der Waals surface area contributed by atoms with Gasteiger partial charge in [0.15, 0.2) is 0 Å². The van der Waals surface area contributed by atoms with Crippen LogP contribution in [0.4, 0.5) is 0 Å². The normalized spacial score (nSPS) is 15.2. The van der Waals surface area contributed by atoms with Gasteiger partial charge in [-0.25, -0.2) is 4.21 Å². The molecule has 0 aromatic heterocycles. The number of carboxylic acid groups (broad SMARTS) is 2. The zero-order valence-electron chi connectivity index (χ0n) is 7.59. The summed E-state index contributed by atoms with van der Waals surface area (Å²) in [5.74, 6) is -3.74. The monoisotopic (exact) mass is 258 g/mol. The van der Waals surface area contributed by atoms with Crippen molar-refractivity contribution in [1.82, 2.24) is 0 Å². The summed E-state index contributed by atoms with van der Waals surface area (Å²) >= 11 is 3.87. The van der Waals surface area contributed by atoms with Gasteiger partial charge in [-0.05, 0) is 0 Å². The quantitative estimate of drug-likeness (QED) is 0.497. The molecule has 0 heterocycles. The van der Waals surface area contributed by atoms with Crippen molar-refractivity contribution >= 4 is 31.9 Å². The van der Waals surface area contributed by atoms with E-state index in [1.54, 1.807) is 0 Å². The minimum absolute atomic E-state index is 0. The third-order valence-corrected chi connectivity index (χ3v) is 2.75. The standard InChI is InChI=1S/C4H6O6S2.2Na/c5-3(6)1-2(4(7)8)12(9,10)11;;/h2H,1H2,(H,5,6)(H,7,8)(H,9,10,11);;/q;2*+1/p-2. The Morgan fingerprint density at radius 1 is 1.36 bits per heavy atom. The average molecular weight is 258 g/mol. The molecular weight excluding hydrogens is 254 g/mol. The molecule has 1 N–H and O–H groups in total. The maximum Gasteiger partial charge on any atom is 1.00 e. The molecule has 0 rings (SSSR count). The zero-order valence-corrected chi connectivity index (χ0v) is 13.2. The van der Waals surface area contributed by atoms with E-state index in [1.807, 2.05) is 0 Å². The van der Waals surface area contributed by atoms with E-state index in [2.05, 4.69) is 11.2 Å². The molecule has 70 valence electrons. The van der Waals surface area contributed by atoms with E-state index in [-0.39, 0.29) is 59.1 Å². The SMILES string of the molecule is O=C([O-])CC(C(=O)[O-])S(=O)(O)=S.[Na+].[Na+]. The molecule has 2 atom stereocenters. The molecule has 0 saturated heterocycles. The van der Waals surface area contributed by atoms with Gasteiger partial charge in [-0.3, -0.25) is 0 Å². The van der Waals surface area contributed by atoms with Crippen LogP contribution >= 0.6 is 0 Å². The van der Waals surface area contributed by atoms with Gasteiger partial charge in [0, 0.05) is 23.6 Å².